The van der Waals surface area contributed by atoms with E-state index in [9.17, 15) is 9.59 Å². The van der Waals surface area contributed by atoms with Gasteiger partial charge in [-0.15, -0.1) is 11.3 Å². The number of aromatic nitrogens is 1. The smallest absolute Gasteiger partial charge is 0.297 e. The average Bonchev–Trinajstić information content (AvgIpc) is 3.34. The second-order valence-corrected chi connectivity index (χ2v) is 10.5. The lowest BCUT2D eigenvalue weighted by molar-refractivity contribution is 0.0971. The number of hydrogen-bond acceptors (Lipinski definition) is 7. The van der Waals surface area contributed by atoms with Crippen molar-refractivity contribution in [1.29, 1.82) is 0 Å². The van der Waals surface area contributed by atoms with Gasteiger partial charge in [0.25, 0.3) is 5.91 Å². The van der Waals surface area contributed by atoms with Crippen LogP contribution in [0.3, 0.4) is 0 Å². The number of para-hydroxylation sites is 1. The van der Waals surface area contributed by atoms with Crippen molar-refractivity contribution in [3.63, 3.8) is 0 Å². The third-order valence-corrected chi connectivity index (χ3v) is 7.53. The summed E-state index contributed by atoms with van der Waals surface area (Å²) in [7, 11) is 1.58. The Morgan fingerprint density at radius 2 is 1.89 bits per heavy atom. The molecule has 7 nitrogen and oxygen atoms in total. The van der Waals surface area contributed by atoms with Gasteiger partial charge in [-0.3, -0.25) is 14.5 Å². The minimum atomic E-state index is -0.711. The van der Waals surface area contributed by atoms with E-state index in [1.807, 2.05) is 32.0 Å². The normalized spacial score (nSPS) is 15.1. The molecule has 0 aliphatic carbocycles. The molecule has 5 rings (SSSR count). The van der Waals surface area contributed by atoms with Gasteiger partial charge < -0.3 is 13.9 Å². The van der Waals surface area contributed by atoms with Crippen LogP contribution in [-0.4, -0.2) is 24.6 Å². The third-order valence-electron chi connectivity index (χ3n) is 6.46. The maximum atomic E-state index is 13.7. The number of thiazole rings is 1. The van der Waals surface area contributed by atoms with Gasteiger partial charge in [-0.25, -0.2) is 4.98 Å². The molecule has 0 N–H and O–H groups in total. The Morgan fingerprint density at radius 1 is 1.11 bits per heavy atom. The van der Waals surface area contributed by atoms with Crippen LogP contribution in [0.1, 0.15) is 58.6 Å². The fourth-order valence-corrected chi connectivity index (χ4v) is 5.31. The highest BCUT2D eigenvalue weighted by Gasteiger charge is 2.45. The largest absolute Gasteiger partial charge is 0.493 e. The van der Waals surface area contributed by atoms with Gasteiger partial charge in [0.05, 0.1) is 36.4 Å². The number of methoxy groups -OCH3 is 1. The Bertz CT molecular complexity index is 1500. The van der Waals surface area contributed by atoms with E-state index in [4.69, 9.17) is 13.9 Å². The van der Waals surface area contributed by atoms with Crippen molar-refractivity contribution in [3.8, 4) is 11.5 Å². The van der Waals surface area contributed by atoms with Crippen LogP contribution in [0.2, 0.25) is 0 Å². The first kappa shape index (κ1) is 24.1. The van der Waals surface area contributed by atoms with E-state index in [2.05, 4.69) is 18.8 Å². The van der Waals surface area contributed by atoms with E-state index >= 15 is 0 Å². The van der Waals surface area contributed by atoms with Crippen LogP contribution in [0.25, 0.3) is 11.0 Å². The van der Waals surface area contributed by atoms with E-state index in [-0.39, 0.29) is 17.1 Å². The average molecular weight is 505 g/mol. The molecule has 3 heterocycles. The van der Waals surface area contributed by atoms with Gasteiger partial charge in [-0.05, 0) is 56.0 Å². The molecule has 0 fully saturated rings. The predicted molar refractivity (Wildman–Crippen MR) is 141 cm³/mol. The van der Waals surface area contributed by atoms with Gasteiger partial charge in [0.15, 0.2) is 22.1 Å². The van der Waals surface area contributed by atoms with Crippen molar-refractivity contribution in [2.24, 2.45) is 5.92 Å². The molecule has 1 aliphatic heterocycles. The Hall–Kier alpha value is -3.65. The lowest BCUT2D eigenvalue weighted by Gasteiger charge is -2.23. The second kappa shape index (κ2) is 9.43. The molecule has 186 valence electrons. The Kier molecular flexibility index (Phi) is 6.30. The number of nitrogens with zero attached hydrogens (tertiary/aromatic N) is 2. The van der Waals surface area contributed by atoms with E-state index in [1.165, 1.54) is 11.3 Å². The molecule has 1 aliphatic rings. The van der Waals surface area contributed by atoms with Gasteiger partial charge in [0.1, 0.15) is 5.58 Å². The molecule has 0 spiro atoms. The summed E-state index contributed by atoms with van der Waals surface area (Å²) in [5, 5.41) is 0.953. The van der Waals surface area contributed by atoms with Crippen molar-refractivity contribution in [1.82, 2.24) is 4.98 Å². The number of aryl methyl sites for hydroxylation is 2. The number of carbonyl (C=O) groups excluding carboxylic acids is 1. The van der Waals surface area contributed by atoms with Crippen LogP contribution in [-0.2, 0) is 0 Å². The first-order valence-electron chi connectivity index (χ1n) is 11.9. The quantitative estimate of drug-likeness (QED) is 0.305. The molecule has 2 aromatic carbocycles. The van der Waals surface area contributed by atoms with E-state index in [1.54, 1.807) is 36.3 Å². The second-order valence-electron chi connectivity index (χ2n) is 9.33. The number of anilines is 1. The van der Waals surface area contributed by atoms with E-state index < -0.39 is 6.04 Å². The van der Waals surface area contributed by atoms with Crippen LogP contribution in [0.15, 0.2) is 51.7 Å². The standard InChI is InChI=1S/C28H28N2O5S/c1-15(2)12-13-34-21-11-10-18(14-22(21)33-5)24-23-25(31)19-8-6-7-9-20(19)35-26(23)27(32)30(24)28-29-16(3)17(4)36-28/h6-11,14-15,24H,12-13H2,1-5H3/t24-/m0/s1. The van der Waals surface area contributed by atoms with Gasteiger partial charge in [-0.1, -0.05) is 32.0 Å². The Balaban J connectivity index is 1.68. The predicted octanol–water partition coefficient (Wildman–Crippen LogP) is 6.05. The zero-order valence-corrected chi connectivity index (χ0v) is 21.8. The molecule has 0 bridgehead atoms. The van der Waals surface area contributed by atoms with Crippen molar-refractivity contribution in [2.45, 2.75) is 40.2 Å². The summed E-state index contributed by atoms with van der Waals surface area (Å²) >= 11 is 1.42. The molecule has 0 radical (unpaired) electrons. The fraction of sp³-hybridized carbons (Fsp3) is 0.321. The number of fused-ring (bicyclic) bond motifs is 2. The molecule has 36 heavy (non-hydrogen) atoms. The van der Waals surface area contributed by atoms with Gasteiger partial charge in [0, 0.05) is 4.88 Å². The van der Waals surface area contributed by atoms with Crippen molar-refractivity contribution in [3.05, 3.63) is 80.1 Å². The summed E-state index contributed by atoms with van der Waals surface area (Å²) < 4.78 is 17.6. The maximum Gasteiger partial charge on any atom is 0.297 e. The lowest BCUT2D eigenvalue weighted by atomic mass is 9.98. The first-order valence-corrected chi connectivity index (χ1v) is 12.8. The van der Waals surface area contributed by atoms with Crippen molar-refractivity contribution < 1.29 is 18.7 Å². The third kappa shape index (κ3) is 4.05. The maximum absolute atomic E-state index is 13.7. The van der Waals surface area contributed by atoms with Crippen molar-refractivity contribution in [2.75, 3.05) is 18.6 Å². The number of benzene rings is 2. The van der Waals surface area contributed by atoms with E-state index in [0.29, 0.717) is 51.3 Å². The Morgan fingerprint density at radius 3 is 2.58 bits per heavy atom. The summed E-state index contributed by atoms with van der Waals surface area (Å²) in [5.41, 5.74) is 2.01. The van der Waals surface area contributed by atoms with Gasteiger partial charge in [0.2, 0.25) is 5.76 Å². The molecule has 0 saturated carbocycles. The molecule has 0 saturated heterocycles. The number of carbonyl (C=O) groups is 1. The summed E-state index contributed by atoms with van der Waals surface area (Å²) in [6.45, 7) is 8.72. The van der Waals surface area contributed by atoms with Gasteiger partial charge in [-0.2, -0.15) is 0 Å². The van der Waals surface area contributed by atoms with Crippen LogP contribution < -0.4 is 19.8 Å². The number of amides is 1. The topological polar surface area (TPSA) is 81.9 Å². The molecule has 2 aromatic heterocycles. The molecule has 0 unspecified atom stereocenters. The molecular formula is C28H28N2O5S. The number of ether oxygens (including phenoxy) is 2. The molecule has 8 heteroatoms. The zero-order valence-electron chi connectivity index (χ0n) is 21.0. The monoisotopic (exact) mass is 504 g/mol. The fourth-order valence-electron chi connectivity index (χ4n) is 4.37. The van der Waals surface area contributed by atoms with Crippen LogP contribution >= 0.6 is 11.3 Å². The molecule has 1 atom stereocenters. The highest BCUT2D eigenvalue weighted by Crippen LogP contribution is 2.44. The minimum absolute atomic E-state index is 0.0467. The Labute approximate surface area is 213 Å². The highest BCUT2D eigenvalue weighted by molar-refractivity contribution is 7.15. The summed E-state index contributed by atoms with van der Waals surface area (Å²) in [4.78, 5) is 34.6. The molecule has 4 aromatic rings. The summed E-state index contributed by atoms with van der Waals surface area (Å²) in [6, 6.07) is 11.8. The number of rotatable bonds is 7. The van der Waals surface area contributed by atoms with Crippen LogP contribution in [0, 0.1) is 19.8 Å². The SMILES string of the molecule is COc1cc([C@H]2c3c(oc4ccccc4c3=O)C(=O)N2c2nc(C)c(C)s2)ccc1OCCC(C)C. The zero-order chi connectivity index (χ0) is 25.6. The lowest BCUT2D eigenvalue weighted by Crippen LogP contribution is -2.29. The summed E-state index contributed by atoms with van der Waals surface area (Å²) in [6.07, 6.45) is 0.917. The van der Waals surface area contributed by atoms with Crippen LogP contribution in [0.5, 0.6) is 11.5 Å². The summed E-state index contributed by atoms with van der Waals surface area (Å²) in [5.74, 6) is 1.33. The minimum Gasteiger partial charge on any atom is -0.493 e. The first-order chi connectivity index (χ1) is 17.3. The highest BCUT2D eigenvalue weighted by atomic mass is 32.1. The molecular weight excluding hydrogens is 476 g/mol. The molecule has 1 amide bonds. The number of hydrogen-bond donors (Lipinski definition) is 0. The van der Waals surface area contributed by atoms with Crippen molar-refractivity contribution >= 4 is 33.3 Å². The van der Waals surface area contributed by atoms with Gasteiger partial charge >= 0.3 is 0 Å². The van der Waals surface area contributed by atoms with E-state index in [0.717, 1.165) is 17.0 Å². The van der Waals surface area contributed by atoms with Crippen LogP contribution in [0.4, 0.5) is 5.13 Å².